The number of hydrogen-bond donors (Lipinski definition) is 2. The van der Waals surface area contributed by atoms with Crippen molar-refractivity contribution in [3.63, 3.8) is 0 Å². The third-order valence-electron chi connectivity index (χ3n) is 3.37. The summed E-state index contributed by atoms with van der Waals surface area (Å²) in [4.78, 5) is 15.7. The predicted molar refractivity (Wildman–Crippen MR) is 70.1 cm³/mol. The Bertz CT molecular complexity index is 382. The molecule has 18 heavy (non-hydrogen) atoms. The molecule has 0 aliphatic carbocycles. The number of imidazole rings is 1. The van der Waals surface area contributed by atoms with Gasteiger partial charge in [0, 0.05) is 31.7 Å². The molecule has 1 aliphatic rings. The summed E-state index contributed by atoms with van der Waals surface area (Å²) in [5.74, 6) is 0.105. The Hall–Kier alpha value is -1.36. The van der Waals surface area contributed by atoms with Crippen LogP contribution < -0.4 is 10.6 Å². The van der Waals surface area contributed by atoms with Crippen LogP contribution in [0, 0.1) is 0 Å². The molecule has 2 N–H and O–H groups in total. The van der Waals surface area contributed by atoms with Gasteiger partial charge in [0.25, 0.3) is 0 Å². The standard InChI is InChI=1S/C13H22N4O/c1-2-15-13(18)6-8-17-10-14-9-12(17)11-5-3-4-7-16-11/h9-11,16H,2-8H2,1H3,(H,15,18). The van der Waals surface area contributed by atoms with Gasteiger partial charge in [-0.1, -0.05) is 6.42 Å². The highest BCUT2D eigenvalue weighted by molar-refractivity contribution is 5.75. The summed E-state index contributed by atoms with van der Waals surface area (Å²) >= 11 is 0. The van der Waals surface area contributed by atoms with Crippen molar-refractivity contribution in [2.45, 2.75) is 45.2 Å². The van der Waals surface area contributed by atoms with E-state index in [9.17, 15) is 4.79 Å². The van der Waals surface area contributed by atoms with Crippen molar-refractivity contribution in [2.24, 2.45) is 0 Å². The van der Waals surface area contributed by atoms with Crippen molar-refractivity contribution >= 4 is 5.91 Å². The average molecular weight is 250 g/mol. The average Bonchev–Trinajstić information content (AvgIpc) is 2.86. The highest BCUT2D eigenvalue weighted by atomic mass is 16.1. The molecule has 1 amide bonds. The number of aryl methyl sites for hydroxylation is 1. The van der Waals surface area contributed by atoms with E-state index in [2.05, 4.69) is 20.2 Å². The number of carbonyl (C=O) groups excluding carboxylic acids is 1. The van der Waals surface area contributed by atoms with Crippen LogP contribution in [0.15, 0.2) is 12.5 Å². The van der Waals surface area contributed by atoms with Gasteiger partial charge in [-0.2, -0.15) is 0 Å². The maximum Gasteiger partial charge on any atom is 0.221 e. The van der Waals surface area contributed by atoms with Crippen LogP contribution in [0.3, 0.4) is 0 Å². The number of hydrogen-bond acceptors (Lipinski definition) is 3. The Labute approximate surface area is 108 Å². The summed E-state index contributed by atoms with van der Waals surface area (Å²) in [6.07, 6.45) is 7.94. The van der Waals surface area contributed by atoms with Crippen molar-refractivity contribution in [2.75, 3.05) is 13.1 Å². The van der Waals surface area contributed by atoms with Gasteiger partial charge in [-0.3, -0.25) is 4.79 Å². The largest absolute Gasteiger partial charge is 0.356 e. The van der Waals surface area contributed by atoms with Crippen LogP contribution >= 0.6 is 0 Å². The molecule has 0 aromatic carbocycles. The summed E-state index contributed by atoms with van der Waals surface area (Å²) in [6, 6.07) is 0.399. The Morgan fingerprint density at radius 3 is 3.22 bits per heavy atom. The van der Waals surface area contributed by atoms with Gasteiger partial charge in [-0.25, -0.2) is 4.98 Å². The number of rotatable bonds is 5. The normalized spacial score (nSPS) is 19.7. The molecule has 0 spiro atoms. The van der Waals surface area contributed by atoms with Crippen LogP contribution in [-0.2, 0) is 11.3 Å². The summed E-state index contributed by atoms with van der Waals surface area (Å²) in [5.41, 5.74) is 1.21. The zero-order chi connectivity index (χ0) is 12.8. The molecule has 1 aromatic rings. The number of nitrogens with zero attached hydrogens (tertiary/aromatic N) is 2. The minimum atomic E-state index is 0.105. The minimum absolute atomic E-state index is 0.105. The Morgan fingerprint density at radius 1 is 1.61 bits per heavy atom. The number of aromatic nitrogens is 2. The molecule has 100 valence electrons. The van der Waals surface area contributed by atoms with E-state index in [1.54, 1.807) is 0 Å². The van der Waals surface area contributed by atoms with E-state index in [4.69, 9.17) is 0 Å². The molecule has 1 aliphatic heterocycles. The quantitative estimate of drug-likeness (QED) is 0.826. The van der Waals surface area contributed by atoms with Crippen LogP contribution in [-0.4, -0.2) is 28.5 Å². The lowest BCUT2D eigenvalue weighted by atomic mass is 10.0. The van der Waals surface area contributed by atoms with Crippen LogP contribution in [0.2, 0.25) is 0 Å². The lowest BCUT2D eigenvalue weighted by molar-refractivity contribution is -0.121. The molecule has 0 saturated carbocycles. The zero-order valence-corrected chi connectivity index (χ0v) is 11.0. The first-order chi connectivity index (χ1) is 8.81. The molecular weight excluding hydrogens is 228 g/mol. The van der Waals surface area contributed by atoms with Crippen LogP contribution in [0.5, 0.6) is 0 Å². The first-order valence-electron chi connectivity index (χ1n) is 6.81. The van der Waals surface area contributed by atoms with Gasteiger partial charge < -0.3 is 15.2 Å². The fourth-order valence-corrected chi connectivity index (χ4v) is 2.42. The van der Waals surface area contributed by atoms with Crippen molar-refractivity contribution in [1.82, 2.24) is 20.2 Å². The van der Waals surface area contributed by atoms with Crippen molar-refractivity contribution in [3.05, 3.63) is 18.2 Å². The second-order valence-electron chi connectivity index (χ2n) is 4.72. The van der Waals surface area contributed by atoms with Crippen molar-refractivity contribution in [1.29, 1.82) is 0 Å². The van der Waals surface area contributed by atoms with Crippen LogP contribution in [0.4, 0.5) is 0 Å². The van der Waals surface area contributed by atoms with E-state index >= 15 is 0 Å². The smallest absolute Gasteiger partial charge is 0.221 e. The summed E-state index contributed by atoms with van der Waals surface area (Å²) < 4.78 is 2.10. The molecule has 1 fully saturated rings. The molecule has 1 aromatic heterocycles. The maximum atomic E-state index is 11.5. The Morgan fingerprint density at radius 2 is 2.50 bits per heavy atom. The summed E-state index contributed by atoms with van der Waals surface area (Å²) in [5, 5.41) is 6.33. The minimum Gasteiger partial charge on any atom is -0.356 e. The van der Waals surface area contributed by atoms with E-state index in [1.165, 1.54) is 18.5 Å². The van der Waals surface area contributed by atoms with Gasteiger partial charge >= 0.3 is 0 Å². The van der Waals surface area contributed by atoms with E-state index < -0.39 is 0 Å². The monoisotopic (exact) mass is 250 g/mol. The van der Waals surface area contributed by atoms with E-state index in [1.807, 2.05) is 19.4 Å². The molecule has 2 heterocycles. The molecule has 0 radical (unpaired) electrons. The van der Waals surface area contributed by atoms with Gasteiger partial charge in [0.05, 0.1) is 12.0 Å². The predicted octanol–water partition coefficient (Wildman–Crippen LogP) is 1.22. The summed E-state index contributed by atoms with van der Waals surface area (Å²) in [6.45, 7) is 4.41. The fourth-order valence-electron chi connectivity index (χ4n) is 2.42. The molecule has 2 rings (SSSR count). The second kappa shape index (κ2) is 6.54. The number of nitrogens with one attached hydrogen (secondary N) is 2. The molecule has 5 heteroatoms. The molecule has 1 saturated heterocycles. The Balaban J connectivity index is 1.92. The van der Waals surface area contributed by atoms with Gasteiger partial charge in [0.1, 0.15) is 0 Å². The van der Waals surface area contributed by atoms with Gasteiger partial charge in [-0.05, 0) is 26.3 Å². The lowest BCUT2D eigenvalue weighted by Crippen LogP contribution is -2.29. The van der Waals surface area contributed by atoms with Crippen LogP contribution in [0.25, 0.3) is 0 Å². The van der Waals surface area contributed by atoms with Crippen molar-refractivity contribution < 1.29 is 4.79 Å². The molecule has 5 nitrogen and oxygen atoms in total. The molecule has 0 bridgehead atoms. The number of piperidine rings is 1. The van der Waals surface area contributed by atoms with E-state index in [0.717, 1.165) is 13.0 Å². The molecule has 1 atom stereocenters. The lowest BCUT2D eigenvalue weighted by Gasteiger charge is -2.24. The van der Waals surface area contributed by atoms with E-state index in [0.29, 0.717) is 25.6 Å². The maximum absolute atomic E-state index is 11.5. The third kappa shape index (κ3) is 3.32. The second-order valence-corrected chi connectivity index (χ2v) is 4.72. The first kappa shape index (κ1) is 13.1. The first-order valence-corrected chi connectivity index (χ1v) is 6.81. The highest BCUT2D eigenvalue weighted by Gasteiger charge is 2.18. The topological polar surface area (TPSA) is 59.0 Å². The third-order valence-corrected chi connectivity index (χ3v) is 3.37. The number of carbonyl (C=O) groups is 1. The Kier molecular flexibility index (Phi) is 4.75. The van der Waals surface area contributed by atoms with Gasteiger partial charge in [0.15, 0.2) is 0 Å². The fraction of sp³-hybridized carbons (Fsp3) is 0.692. The van der Waals surface area contributed by atoms with Gasteiger partial charge in [-0.15, -0.1) is 0 Å². The SMILES string of the molecule is CCNC(=O)CCn1cncc1C1CCCCN1. The van der Waals surface area contributed by atoms with Crippen molar-refractivity contribution in [3.8, 4) is 0 Å². The highest BCUT2D eigenvalue weighted by Crippen LogP contribution is 2.22. The summed E-state index contributed by atoms with van der Waals surface area (Å²) in [7, 11) is 0. The van der Waals surface area contributed by atoms with E-state index in [-0.39, 0.29) is 5.91 Å². The van der Waals surface area contributed by atoms with Gasteiger partial charge in [0.2, 0.25) is 5.91 Å². The molecule has 1 unspecified atom stereocenters. The molecular formula is C13H22N4O. The van der Waals surface area contributed by atoms with Crippen LogP contribution in [0.1, 0.15) is 44.3 Å². The zero-order valence-electron chi connectivity index (χ0n) is 11.0. The number of amides is 1.